The van der Waals surface area contributed by atoms with Crippen molar-refractivity contribution in [2.45, 2.75) is 26.3 Å². The lowest BCUT2D eigenvalue weighted by Crippen LogP contribution is -2.36. The van der Waals surface area contributed by atoms with Crippen molar-refractivity contribution in [2.24, 2.45) is 0 Å². The highest BCUT2D eigenvalue weighted by Crippen LogP contribution is 1.93. The lowest BCUT2D eigenvalue weighted by molar-refractivity contribution is 0.288. The molecule has 0 saturated carbocycles. The first-order valence-corrected chi connectivity index (χ1v) is 5.45. The minimum Gasteiger partial charge on any atom is -0.315 e. The summed E-state index contributed by atoms with van der Waals surface area (Å²) in [6.45, 7) is 11.5. The van der Waals surface area contributed by atoms with Crippen molar-refractivity contribution in [3.05, 3.63) is 0 Å². The molecule has 1 aliphatic rings. The van der Waals surface area contributed by atoms with Crippen LogP contribution in [0.25, 0.3) is 0 Å². The second-order valence-corrected chi connectivity index (χ2v) is 4.05. The first kappa shape index (κ1) is 11.0. The van der Waals surface area contributed by atoms with Crippen molar-refractivity contribution >= 4 is 0 Å². The Hall–Kier alpha value is -0.120. The Kier molecular flexibility index (Phi) is 5.35. The highest BCUT2D eigenvalue weighted by atomic mass is 15.2. The molecule has 1 rings (SSSR count). The topological polar surface area (TPSA) is 27.3 Å². The van der Waals surface area contributed by atoms with Crippen LogP contribution in [0.15, 0.2) is 0 Å². The van der Waals surface area contributed by atoms with E-state index in [-0.39, 0.29) is 0 Å². The molecule has 0 unspecified atom stereocenters. The molecule has 0 aromatic heterocycles. The molecule has 0 amide bonds. The average Bonchev–Trinajstić information content (AvgIpc) is 2.32. The van der Waals surface area contributed by atoms with Gasteiger partial charge < -0.3 is 15.5 Å². The van der Waals surface area contributed by atoms with Crippen molar-refractivity contribution in [1.29, 1.82) is 0 Å². The summed E-state index contributed by atoms with van der Waals surface area (Å²) in [5, 5.41) is 6.87. The Bertz CT molecular complexity index is 117. The molecule has 0 aliphatic carbocycles. The number of nitrogens with zero attached hydrogens (tertiary/aromatic N) is 1. The van der Waals surface area contributed by atoms with E-state index in [1.807, 2.05) is 0 Å². The maximum atomic E-state index is 3.45. The molecule has 2 N–H and O–H groups in total. The van der Waals surface area contributed by atoms with E-state index in [0.717, 1.165) is 13.1 Å². The van der Waals surface area contributed by atoms with Crippen LogP contribution < -0.4 is 10.6 Å². The molecule has 78 valence electrons. The van der Waals surface area contributed by atoms with Crippen LogP contribution in [-0.4, -0.2) is 50.2 Å². The van der Waals surface area contributed by atoms with E-state index in [0.29, 0.717) is 6.04 Å². The Labute approximate surface area is 81.9 Å². The van der Waals surface area contributed by atoms with Gasteiger partial charge in [0.2, 0.25) is 0 Å². The zero-order chi connectivity index (χ0) is 9.52. The van der Waals surface area contributed by atoms with Crippen LogP contribution in [0.3, 0.4) is 0 Å². The molecule has 0 aromatic carbocycles. The van der Waals surface area contributed by atoms with Gasteiger partial charge in [0.05, 0.1) is 0 Å². The van der Waals surface area contributed by atoms with Gasteiger partial charge >= 0.3 is 0 Å². The third-order valence-electron chi connectivity index (χ3n) is 2.41. The summed E-state index contributed by atoms with van der Waals surface area (Å²) in [6.07, 6.45) is 1.29. The van der Waals surface area contributed by atoms with Crippen molar-refractivity contribution in [2.75, 3.05) is 39.3 Å². The van der Waals surface area contributed by atoms with E-state index in [9.17, 15) is 0 Å². The lowest BCUT2D eigenvalue weighted by Gasteiger charge is -2.20. The van der Waals surface area contributed by atoms with Gasteiger partial charge in [-0.1, -0.05) is 13.8 Å². The first-order chi connectivity index (χ1) is 6.29. The van der Waals surface area contributed by atoms with Crippen LogP contribution in [0, 0.1) is 0 Å². The van der Waals surface area contributed by atoms with Crippen LogP contribution in [0.5, 0.6) is 0 Å². The van der Waals surface area contributed by atoms with Crippen LogP contribution >= 0.6 is 0 Å². The molecule has 1 fully saturated rings. The van der Waals surface area contributed by atoms with E-state index in [1.54, 1.807) is 0 Å². The second-order valence-electron chi connectivity index (χ2n) is 4.05. The third kappa shape index (κ3) is 5.24. The SMILES string of the molecule is CC(C)NCCN1CCCNCC1. The van der Waals surface area contributed by atoms with Gasteiger partial charge in [-0.15, -0.1) is 0 Å². The molecule has 0 aromatic rings. The Morgan fingerprint density at radius 3 is 2.92 bits per heavy atom. The molecule has 0 spiro atoms. The van der Waals surface area contributed by atoms with Crippen molar-refractivity contribution in [1.82, 2.24) is 15.5 Å². The van der Waals surface area contributed by atoms with E-state index >= 15 is 0 Å². The fourth-order valence-corrected chi connectivity index (χ4v) is 1.64. The molecule has 0 bridgehead atoms. The Balaban J connectivity index is 2.05. The largest absolute Gasteiger partial charge is 0.315 e. The second kappa shape index (κ2) is 6.35. The summed E-state index contributed by atoms with van der Waals surface area (Å²) in [6, 6.07) is 0.616. The summed E-state index contributed by atoms with van der Waals surface area (Å²) >= 11 is 0. The van der Waals surface area contributed by atoms with Crippen LogP contribution in [-0.2, 0) is 0 Å². The first-order valence-electron chi connectivity index (χ1n) is 5.45. The number of rotatable bonds is 4. The predicted octanol–water partition coefficient (Wildman–Crippen LogP) is 0.280. The highest BCUT2D eigenvalue weighted by molar-refractivity contribution is 4.67. The Morgan fingerprint density at radius 1 is 1.31 bits per heavy atom. The predicted molar refractivity (Wildman–Crippen MR) is 57.1 cm³/mol. The molecule has 3 heteroatoms. The summed E-state index contributed by atoms with van der Waals surface area (Å²) in [7, 11) is 0. The fraction of sp³-hybridized carbons (Fsp3) is 1.00. The van der Waals surface area contributed by atoms with Crippen LogP contribution in [0.2, 0.25) is 0 Å². The summed E-state index contributed by atoms with van der Waals surface area (Å²) < 4.78 is 0. The molecule has 1 heterocycles. The number of hydrogen-bond donors (Lipinski definition) is 2. The smallest absolute Gasteiger partial charge is 0.0107 e. The lowest BCUT2D eigenvalue weighted by atomic mass is 10.3. The normalized spacial score (nSPS) is 20.5. The minimum atomic E-state index is 0.616. The van der Waals surface area contributed by atoms with Gasteiger partial charge in [-0.25, -0.2) is 0 Å². The Morgan fingerprint density at radius 2 is 2.15 bits per heavy atom. The van der Waals surface area contributed by atoms with E-state index in [1.165, 1.54) is 32.6 Å². The fourth-order valence-electron chi connectivity index (χ4n) is 1.64. The minimum absolute atomic E-state index is 0.616. The van der Waals surface area contributed by atoms with E-state index < -0.39 is 0 Å². The van der Waals surface area contributed by atoms with E-state index in [4.69, 9.17) is 0 Å². The maximum Gasteiger partial charge on any atom is 0.0107 e. The standard InChI is InChI=1S/C10H23N3/c1-10(2)12-6-9-13-7-3-4-11-5-8-13/h10-12H,3-9H2,1-2H3. The molecular weight excluding hydrogens is 162 g/mol. The zero-order valence-electron chi connectivity index (χ0n) is 8.97. The highest BCUT2D eigenvalue weighted by Gasteiger charge is 2.07. The molecule has 1 saturated heterocycles. The van der Waals surface area contributed by atoms with Gasteiger partial charge in [-0.05, 0) is 19.5 Å². The monoisotopic (exact) mass is 185 g/mol. The summed E-state index contributed by atoms with van der Waals surface area (Å²) in [5.74, 6) is 0. The van der Waals surface area contributed by atoms with Gasteiger partial charge in [0, 0.05) is 32.2 Å². The van der Waals surface area contributed by atoms with Gasteiger partial charge in [-0.2, -0.15) is 0 Å². The van der Waals surface area contributed by atoms with Gasteiger partial charge in [-0.3, -0.25) is 0 Å². The summed E-state index contributed by atoms with van der Waals surface area (Å²) in [4.78, 5) is 2.54. The van der Waals surface area contributed by atoms with Crippen LogP contribution in [0.1, 0.15) is 20.3 Å². The summed E-state index contributed by atoms with van der Waals surface area (Å²) in [5.41, 5.74) is 0. The van der Waals surface area contributed by atoms with Crippen LogP contribution in [0.4, 0.5) is 0 Å². The molecule has 1 aliphatic heterocycles. The van der Waals surface area contributed by atoms with Crippen molar-refractivity contribution < 1.29 is 0 Å². The van der Waals surface area contributed by atoms with Crippen molar-refractivity contribution in [3.63, 3.8) is 0 Å². The average molecular weight is 185 g/mol. The van der Waals surface area contributed by atoms with Gasteiger partial charge in [0.25, 0.3) is 0 Å². The maximum absolute atomic E-state index is 3.45. The molecule has 3 nitrogen and oxygen atoms in total. The van der Waals surface area contributed by atoms with E-state index in [2.05, 4.69) is 29.4 Å². The number of nitrogens with one attached hydrogen (secondary N) is 2. The third-order valence-corrected chi connectivity index (χ3v) is 2.41. The zero-order valence-corrected chi connectivity index (χ0v) is 8.97. The molecule has 0 radical (unpaired) electrons. The van der Waals surface area contributed by atoms with Gasteiger partial charge in [0.1, 0.15) is 0 Å². The molecule has 0 atom stereocenters. The van der Waals surface area contributed by atoms with Gasteiger partial charge in [0.15, 0.2) is 0 Å². The molecular formula is C10H23N3. The quantitative estimate of drug-likeness (QED) is 0.659. The van der Waals surface area contributed by atoms with Crippen molar-refractivity contribution in [3.8, 4) is 0 Å². The molecule has 13 heavy (non-hydrogen) atoms. The number of hydrogen-bond acceptors (Lipinski definition) is 3.